The van der Waals surface area contributed by atoms with Gasteiger partial charge >= 0.3 is 11.9 Å². The first-order valence-electron chi connectivity index (χ1n) is 4.23. The Labute approximate surface area is 100 Å². The summed E-state index contributed by atoms with van der Waals surface area (Å²) < 4.78 is 11.5. The summed E-state index contributed by atoms with van der Waals surface area (Å²) in [4.78, 5) is 22.1. The Morgan fingerprint density at radius 3 is 2.88 bits per heavy atom. The minimum Gasteiger partial charge on any atom is -0.399 e. The van der Waals surface area contributed by atoms with Crippen molar-refractivity contribution in [2.75, 3.05) is 0 Å². The van der Waals surface area contributed by atoms with Crippen LogP contribution >= 0.6 is 24.3 Å². The average Bonchev–Trinajstić information content (AvgIpc) is 2.72. The molecule has 1 aromatic carbocycles. The third-order valence-corrected chi connectivity index (χ3v) is 2.83. The van der Waals surface area contributed by atoms with E-state index in [9.17, 15) is 9.59 Å². The molecule has 1 heterocycles. The van der Waals surface area contributed by atoms with Gasteiger partial charge in [0.1, 0.15) is 0 Å². The molecule has 2 aromatic rings. The fourth-order valence-electron chi connectivity index (χ4n) is 1.12. The van der Waals surface area contributed by atoms with Crippen molar-refractivity contribution in [2.24, 2.45) is 0 Å². The van der Waals surface area contributed by atoms with Gasteiger partial charge in [-0.3, -0.25) is 9.52 Å². The normalized spacial score (nSPS) is 10.1. The summed E-state index contributed by atoms with van der Waals surface area (Å²) in [5.74, 6) is -1.82. The van der Waals surface area contributed by atoms with Crippen molar-refractivity contribution in [2.45, 2.75) is 0 Å². The molecule has 0 aliphatic rings. The van der Waals surface area contributed by atoms with Gasteiger partial charge in [-0.2, -0.15) is 4.37 Å². The van der Waals surface area contributed by atoms with Crippen molar-refractivity contribution in [3.05, 3.63) is 24.3 Å². The number of benzene rings is 1. The van der Waals surface area contributed by atoms with Gasteiger partial charge in [-0.25, -0.2) is 4.79 Å². The molecule has 0 saturated heterocycles. The molecule has 0 aliphatic heterocycles. The first-order chi connectivity index (χ1) is 7.72. The maximum Gasteiger partial charge on any atom is 0.404 e. The van der Waals surface area contributed by atoms with E-state index in [0.717, 1.165) is 4.70 Å². The zero-order valence-electron chi connectivity index (χ0n) is 7.84. The molecule has 1 aromatic heterocycles. The smallest absolute Gasteiger partial charge is 0.399 e. The van der Waals surface area contributed by atoms with E-state index in [1.165, 1.54) is 11.5 Å². The topological polar surface area (TPSA) is 68.3 Å². The third-order valence-electron chi connectivity index (χ3n) is 1.82. The van der Waals surface area contributed by atoms with Crippen LogP contribution in [0.1, 0.15) is 0 Å². The lowest BCUT2D eigenvalue weighted by atomic mass is 10.3. The number of ether oxygens (including phenoxy) is 1. The van der Waals surface area contributed by atoms with E-state index in [-0.39, 0.29) is 5.88 Å². The van der Waals surface area contributed by atoms with Gasteiger partial charge in [-0.1, -0.05) is 24.9 Å². The second-order valence-corrected chi connectivity index (χ2v) is 3.84. The maximum atomic E-state index is 11.2. The largest absolute Gasteiger partial charge is 0.404 e. The van der Waals surface area contributed by atoms with Crippen LogP contribution in [0.2, 0.25) is 0 Å². The molecular formula is C9H6N2O3S2. The van der Waals surface area contributed by atoms with Crippen molar-refractivity contribution in [1.82, 2.24) is 9.10 Å². The monoisotopic (exact) mass is 254 g/mol. The zero-order chi connectivity index (χ0) is 11.5. The van der Waals surface area contributed by atoms with Crippen LogP contribution in [0.15, 0.2) is 24.3 Å². The zero-order valence-corrected chi connectivity index (χ0v) is 9.55. The van der Waals surface area contributed by atoms with Crippen molar-refractivity contribution in [1.29, 1.82) is 0 Å². The first kappa shape index (κ1) is 10.9. The van der Waals surface area contributed by atoms with Crippen LogP contribution in [0.5, 0.6) is 5.88 Å². The molecule has 0 aliphatic carbocycles. The highest BCUT2D eigenvalue weighted by atomic mass is 32.1. The predicted octanol–water partition coefficient (Wildman–Crippen LogP) is 1.16. The number of esters is 1. The summed E-state index contributed by atoms with van der Waals surface area (Å²) in [5, 5.41) is 0.702. The van der Waals surface area contributed by atoms with E-state index in [1.54, 1.807) is 12.1 Å². The number of nitrogens with one attached hydrogen (secondary N) is 1. The van der Waals surface area contributed by atoms with Gasteiger partial charge in [0.15, 0.2) is 0 Å². The Morgan fingerprint density at radius 2 is 2.12 bits per heavy atom. The number of nitrogens with zero attached hydrogens (tertiary/aromatic N) is 1. The highest BCUT2D eigenvalue weighted by molar-refractivity contribution is 7.78. The van der Waals surface area contributed by atoms with E-state index < -0.39 is 11.9 Å². The molecule has 0 fully saturated rings. The Bertz CT molecular complexity index is 552. The van der Waals surface area contributed by atoms with E-state index in [2.05, 4.69) is 17.2 Å². The molecule has 0 bridgehead atoms. The second-order valence-electron chi connectivity index (χ2n) is 2.81. The number of carbonyl (C=O) groups is 2. The van der Waals surface area contributed by atoms with E-state index in [1.807, 2.05) is 16.9 Å². The summed E-state index contributed by atoms with van der Waals surface area (Å²) >= 11 is 4.66. The average molecular weight is 254 g/mol. The Kier molecular flexibility index (Phi) is 3.07. The third kappa shape index (κ3) is 2.00. The fraction of sp³-hybridized carbons (Fsp3) is 0. The number of hydrogen-bond acceptors (Lipinski definition) is 6. The number of amides is 1. The standard InChI is InChI=1S/C9H6N2O3S2/c12-7(10-15)9(13)14-8-5-3-1-2-4-6(5)16-11-8/h1-4,15H,(H,10,12). The summed E-state index contributed by atoms with van der Waals surface area (Å²) in [7, 11) is 0. The molecule has 2 rings (SSSR count). The van der Waals surface area contributed by atoms with E-state index in [0.29, 0.717) is 5.39 Å². The predicted molar refractivity (Wildman–Crippen MR) is 62.4 cm³/mol. The van der Waals surface area contributed by atoms with Gasteiger partial charge < -0.3 is 4.74 Å². The van der Waals surface area contributed by atoms with Gasteiger partial charge in [0.25, 0.3) is 0 Å². The first-order valence-corrected chi connectivity index (χ1v) is 5.45. The minimum atomic E-state index is -1.04. The summed E-state index contributed by atoms with van der Waals surface area (Å²) in [6.45, 7) is 0. The van der Waals surface area contributed by atoms with Crippen molar-refractivity contribution < 1.29 is 14.3 Å². The molecule has 0 unspecified atom stereocenters. The van der Waals surface area contributed by atoms with Gasteiger partial charge in [0.05, 0.1) is 10.1 Å². The lowest BCUT2D eigenvalue weighted by Gasteiger charge is -1.98. The van der Waals surface area contributed by atoms with Crippen LogP contribution in [0.3, 0.4) is 0 Å². The molecule has 16 heavy (non-hydrogen) atoms. The molecule has 0 spiro atoms. The number of fused-ring (bicyclic) bond motifs is 1. The molecule has 0 atom stereocenters. The Hall–Kier alpha value is -1.60. The summed E-state index contributed by atoms with van der Waals surface area (Å²) in [6.07, 6.45) is 0. The van der Waals surface area contributed by atoms with Gasteiger partial charge in [0, 0.05) is 0 Å². The number of thiol groups is 1. The molecule has 0 saturated carbocycles. The molecule has 82 valence electrons. The van der Waals surface area contributed by atoms with E-state index >= 15 is 0 Å². The second kappa shape index (κ2) is 4.50. The van der Waals surface area contributed by atoms with Gasteiger partial charge in [-0.15, -0.1) is 0 Å². The number of carbonyl (C=O) groups excluding carboxylic acids is 2. The maximum absolute atomic E-state index is 11.2. The highest BCUT2D eigenvalue weighted by Gasteiger charge is 2.17. The van der Waals surface area contributed by atoms with Crippen LogP contribution in [0.25, 0.3) is 10.1 Å². The molecule has 0 radical (unpaired) electrons. The molecule has 1 N–H and O–H groups in total. The van der Waals surface area contributed by atoms with Crippen LogP contribution in [0.4, 0.5) is 0 Å². The Balaban J connectivity index is 2.28. The Morgan fingerprint density at radius 1 is 1.38 bits per heavy atom. The number of rotatable bonds is 1. The van der Waals surface area contributed by atoms with Crippen molar-refractivity contribution in [3.8, 4) is 5.88 Å². The van der Waals surface area contributed by atoms with Gasteiger partial charge in [0.2, 0.25) is 5.88 Å². The van der Waals surface area contributed by atoms with Crippen LogP contribution < -0.4 is 9.46 Å². The summed E-state index contributed by atoms with van der Waals surface area (Å²) in [6, 6.07) is 7.27. The lowest BCUT2D eigenvalue weighted by Crippen LogP contribution is -2.28. The number of hydrogen-bond donors (Lipinski definition) is 2. The molecule has 1 amide bonds. The lowest BCUT2D eigenvalue weighted by molar-refractivity contribution is -0.147. The van der Waals surface area contributed by atoms with Crippen LogP contribution in [0, 0.1) is 0 Å². The fourth-order valence-corrected chi connectivity index (χ4v) is 1.92. The molecular weight excluding hydrogens is 248 g/mol. The number of aromatic nitrogens is 1. The molecule has 7 heteroatoms. The molecule has 5 nitrogen and oxygen atoms in total. The quantitative estimate of drug-likeness (QED) is 0.455. The van der Waals surface area contributed by atoms with Gasteiger partial charge in [-0.05, 0) is 23.7 Å². The van der Waals surface area contributed by atoms with Crippen LogP contribution in [-0.4, -0.2) is 16.3 Å². The van der Waals surface area contributed by atoms with Crippen molar-refractivity contribution in [3.63, 3.8) is 0 Å². The minimum absolute atomic E-state index is 0.141. The van der Waals surface area contributed by atoms with E-state index in [4.69, 9.17) is 4.74 Å². The summed E-state index contributed by atoms with van der Waals surface area (Å²) in [5.41, 5.74) is 0. The highest BCUT2D eigenvalue weighted by Crippen LogP contribution is 2.27. The SMILES string of the molecule is O=C(NS)C(=O)Oc1nsc2ccccc12. The van der Waals surface area contributed by atoms with Crippen molar-refractivity contribution >= 4 is 46.3 Å². The van der Waals surface area contributed by atoms with Crippen LogP contribution in [-0.2, 0) is 9.59 Å².